The van der Waals surface area contributed by atoms with Crippen molar-refractivity contribution in [2.24, 2.45) is 0 Å². The van der Waals surface area contributed by atoms with Gasteiger partial charge in [0.15, 0.2) is 5.82 Å². The van der Waals surface area contributed by atoms with Crippen LogP contribution in [0.4, 0.5) is 4.39 Å². The molecule has 1 N–H and O–H groups in total. The van der Waals surface area contributed by atoms with Gasteiger partial charge in [-0.15, -0.1) is 0 Å². The van der Waals surface area contributed by atoms with E-state index < -0.39 is 5.82 Å². The highest BCUT2D eigenvalue weighted by Crippen LogP contribution is 2.26. The van der Waals surface area contributed by atoms with E-state index in [0.717, 1.165) is 12.8 Å². The molecule has 0 unspecified atom stereocenters. The van der Waals surface area contributed by atoms with Crippen molar-refractivity contribution in [3.05, 3.63) is 46.3 Å². The Balaban J connectivity index is 1.52. The average Bonchev–Trinajstić information content (AvgIpc) is 3.18. The van der Waals surface area contributed by atoms with Crippen molar-refractivity contribution in [1.29, 1.82) is 0 Å². The second-order valence-electron chi connectivity index (χ2n) is 5.24. The van der Waals surface area contributed by atoms with E-state index in [0.29, 0.717) is 23.9 Å². The zero-order valence-corrected chi connectivity index (χ0v) is 13.0. The van der Waals surface area contributed by atoms with E-state index in [1.54, 1.807) is 0 Å². The Bertz CT molecular complexity index is 701. The Morgan fingerprint density at radius 2 is 2.35 bits per heavy atom. The van der Waals surface area contributed by atoms with Gasteiger partial charge in [-0.3, -0.25) is 4.79 Å². The van der Waals surface area contributed by atoms with E-state index >= 15 is 0 Å². The zero-order valence-electron chi connectivity index (χ0n) is 12.2. The van der Waals surface area contributed by atoms with Gasteiger partial charge < -0.3 is 14.6 Å². The lowest BCUT2D eigenvalue weighted by atomic mass is 10.1. The average molecular weight is 340 g/mol. The highest BCUT2D eigenvalue weighted by Gasteiger charge is 2.23. The molecule has 0 aliphatic carbocycles. The maximum atomic E-state index is 13.0. The molecular weight excluding hydrogens is 325 g/mol. The fourth-order valence-electron chi connectivity index (χ4n) is 2.32. The number of rotatable bonds is 5. The minimum absolute atomic E-state index is 0.0511. The molecule has 6 nitrogen and oxygen atoms in total. The molecule has 3 rings (SSSR count). The molecule has 2 heterocycles. The molecule has 1 amide bonds. The smallest absolute Gasteiger partial charge is 0.255 e. The van der Waals surface area contributed by atoms with Crippen molar-refractivity contribution in [2.45, 2.75) is 31.9 Å². The summed E-state index contributed by atoms with van der Waals surface area (Å²) in [5.41, 5.74) is 0.554. The predicted octanol–water partition coefficient (Wildman–Crippen LogP) is 2.57. The Labute approximate surface area is 137 Å². The van der Waals surface area contributed by atoms with Gasteiger partial charge in [0.05, 0.1) is 13.0 Å². The minimum atomic E-state index is -0.437. The largest absolute Gasteiger partial charge is 0.368 e. The van der Waals surface area contributed by atoms with Crippen LogP contribution < -0.4 is 5.32 Å². The summed E-state index contributed by atoms with van der Waals surface area (Å²) in [6.45, 7) is 0.839. The number of ether oxygens (including phenoxy) is 1. The lowest BCUT2D eigenvalue weighted by Gasteiger charge is -2.05. The molecule has 1 aliphatic heterocycles. The molecule has 1 fully saturated rings. The summed E-state index contributed by atoms with van der Waals surface area (Å²) in [5.74, 6) is 0.122. The van der Waals surface area contributed by atoms with Crippen molar-refractivity contribution in [2.75, 3.05) is 6.61 Å². The number of halogens is 2. The molecule has 1 saturated heterocycles. The first-order chi connectivity index (χ1) is 11.1. The summed E-state index contributed by atoms with van der Waals surface area (Å²) >= 11 is 5.89. The van der Waals surface area contributed by atoms with E-state index in [9.17, 15) is 9.18 Å². The monoisotopic (exact) mass is 339 g/mol. The molecule has 0 saturated carbocycles. The lowest BCUT2D eigenvalue weighted by molar-refractivity contribution is -0.120. The highest BCUT2D eigenvalue weighted by molar-refractivity contribution is 6.31. The first kappa shape index (κ1) is 15.9. The van der Waals surface area contributed by atoms with Gasteiger partial charge in [-0.2, -0.15) is 4.98 Å². The van der Waals surface area contributed by atoms with Crippen molar-refractivity contribution in [1.82, 2.24) is 15.5 Å². The SMILES string of the molecule is O=C(Cc1ccc(F)cc1Cl)NCc1noc([C@H]2CCCO2)n1. The molecule has 1 atom stereocenters. The zero-order chi connectivity index (χ0) is 16.2. The Kier molecular flexibility index (Phi) is 4.88. The first-order valence-electron chi connectivity index (χ1n) is 7.26. The topological polar surface area (TPSA) is 77.2 Å². The van der Waals surface area contributed by atoms with Crippen LogP contribution in [0.25, 0.3) is 0 Å². The lowest BCUT2D eigenvalue weighted by Crippen LogP contribution is -2.25. The first-order valence-corrected chi connectivity index (χ1v) is 7.64. The standard InChI is InChI=1S/C15H15ClFN3O3/c16-11-7-10(17)4-3-9(11)6-14(21)18-8-13-19-15(23-20-13)12-2-1-5-22-12/h3-4,7,12H,1-2,5-6,8H2,(H,18,21)/t12-/m1/s1. The molecular formula is C15H15ClFN3O3. The van der Waals surface area contributed by atoms with Gasteiger partial charge in [0.25, 0.3) is 5.89 Å². The number of nitrogens with one attached hydrogen (secondary N) is 1. The summed E-state index contributed by atoms with van der Waals surface area (Å²) in [7, 11) is 0. The third kappa shape index (κ3) is 4.05. The van der Waals surface area contributed by atoms with Crippen molar-refractivity contribution in [3.8, 4) is 0 Å². The van der Waals surface area contributed by atoms with Gasteiger partial charge in [0, 0.05) is 11.6 Å². The molecule has 8 heteroatoms. The van der Waals surface area contributed by atoms with Crippen LogP contribution in [0, 0.1) is 5.82 Å². The van der Waals surface area contributed by atoms with Crippen molar-refractivity contribution in [3.63, 3.8) is 0 Å². The molecule has 1 aromatic heterocycles. The number of hydrogen-bond acceptors (Lipinski definition) is 5. The second-order valence-corrected chi connectivity index (χ2v) is 5.65. The summed E-state index contributed by atoms with van der Waals surface area (Å²) in [4.78, 5) is 16.1. The fourth-order valence-corrected chi connectivity index (χ4v) is 2.55. The van der Waals surface area contributed by atoms with E-state index in [4.69, 9.17) is 20.9 Å². The Hall–Kier alpha value is -1.99. The molecule has 122 valence electrons. The second kappa shape index (κ2) is 7.06. The predicted molar refractivity (Wildman–Crippen MR) is 79.2 cm³/mol. The van der Waals surface area contributed by atoms with Crippen LogP contribution >= 0.6 is 11.6 Å². The van der Waals surface area contributed by atoms with Crippen LogP contribution in [0.3, 0.4) is 0 Å². The van der Waals surface area contributed by atoms with Crippen LogP contribution in [-0.4, -0.2) is 22.7 Å². The van der Waals surface area contributed by atoms with Crippen LogP contribution in [0.15, 0.2) is 22.7 Å². The Morgan fingerprint density at radius 3 is 3.09 bits per heavy atom. The molecule has 0 spiro atoms. The number of carbonyl (C=O) groups excluding carboxylic acids is 1. The highest BCUT2D eigenvalue weighted by atomic mass is 35.5. The van der Waals surface area contributed by atoms with Crippen LogP contribution in [0.2, 0.25) is 5.02 Å². The Morgan fingerprint density at radius 1 is 1.48 bits per heavy atom. The molecule has 23 heavy (non-hydrogen) atoms. The maximum absolute atomic E-state index is 13.0. The van der Waals surface area contributed by atoms with Gasteiger partial charge >= 0.3 is 0 Å². The van der Waals surface area contributed by atoms with Gasteiger partial charge in [-0.1, -0.05) is 22.8 Å². The number of amides is 1. The minimum Gasteiger partial charge on any atom is -0.368 e. The summed E-state index contributed by atoms with van der Waals surface area (Å²) in [6.07, 6.45) is 1.73. The van der Waals surface area contributed by atoms with Gasteiger partial charge in [0.1, 0.15) is 11.9 Å². The number of carbonyl (C=O) groups is 1. The molecule has 1 aliphatic rings. The molecule has 0 radical (unpaired) electrons. The van der Waals surface area contributed by atoms with Gasteiger partial charge in [-0.05, 0) is 30.5 Å². The van der Waals surface area contributed by atoms with E-state index in [-0.39, 0.29) is 30.0 Å². The number of nitrogens with zero attached hydrogens (tertiary/aromatic N) is 2. The number of aromatic nitrogens is 2. The molecule has 0 bridgehead atoms. The van der Waals surface area contributed by atoms with Crippen LogP contribution in [0.1, 0.15) is 36.2 Å². The third-order valence-corrected chi connectivity index (χ3v) is 3.85. The van der Waals surface area contributed by atoms with Crippen LogP contribution in [0.5, 0.6) is 0 Å². The van der Waals surface area contributed by atoms with Gasteiger partial charge in [-0.25, -0.2) is 4.39 Å². The van der Waals surface area contributed by atoms with E-state index in [2.05, 4.69) is 15.5 Å². The summed E-state index contributed by atoms with van der Waals surface area (Å²) in [6, 6.07) is 3.93. The van der Waals surface area contributed by atoms with Crippen molar-refractivity contribution >= 4 is 17.5 Å². The normalized spacial score (nSPS) is 17.4. The third-order valence-electron chi connectivity index (χ3n) is 3.50. The van der Waals surface area contributed by atoms with Crippen molar-refractivity contribution < 1.29 is 18.4 Å². The molecule has 2 aromatic rings. The van der Waals surface area contributed by atoms with E-state index in [1.165, 1.54) is 18.2 Å². The van der Waals surface area contributed by atoms with E-state index in [1.807, 2.05) is 0 Å². The molecule has 1 aromatic carbocycles. The number of hydrogen-bond donors (Lipinski definition) is 1. The quantitative estimate of drug-likeness (QED) is 0.906. The fraction of sp³-hybridized carbons (Fsp3) is 0.400. The summed E-state index contributed by atoms with van der Waals surface area (Å²) < 4.78 is 23.5. The number of benzene rings is 1. The summed E-state index contributed by atoms with van der Waals surface area (Å²) in [5, 5.41) is 6.71. The van der Waals surface area contributed by atoms with Crippen LogP contribution in [-0.2, 0) is 22.5 Å². The maximum Gasteiger partial charge on any atom is 0.255 e. The van der Waals surface area contributed by atoms with Gasteiger partial charge in [0.2, 0.25) is 5.91 Å².